The standard InChI is InChI=1S/C15H22N2O/c1-10(12-6-7-18-9-12)17-15-5-2-11-8-13(16)3-4-14(11)15/h3-4,8,10,12,15,17H,2,5-7,9,16H2,1H3. The zero-order valence-corrected chi connectivity index (χ0v) is 11.0. The number of fused-ring (bicyclic) bond motifs is 1. The topological polar surface area (TPSA) is 47.3 Å². The predicted molar refractivity (Wildman–Crippen MR) is 73.4 cm³/mol. The lowest BCUT2D eigenvalue weighted by Gasteiger charge is -2.24. The highest BCUT2D eigenvalue weighted by Crippen LogP contribution is 2.33. The molecule has 3 rings (SSSR count). The fraction of sp³-hybridized carbons (Fsp3) is 0.600. The van der Waals surface area contributed by atoms with Gasteiger partial charge in [0.1, 0.15) is 0 Å². The Bertz CT molecular complexity index is 427. The van der Waals surface area contributed by atoms with Gasteiger partial charge in [-0.3, -0.25) is 0 Å². The normalized spacial score (nSPS) is 28.3. The van der Waals surface area contributed by atoms with Gasteiger partial charge in [0.2, 0.25) is 0 Å². The van der Waals surface area contributed by atoms with Crippen LogP contribution in [-0.2, 0) is 11.2 Å². The van der Waals surface area contributed by atoms with Crippen LogP contribution in [0.2, 0.25) is 0 Å². The van der Waals surface area contributed by atoms with Gasteiger partial charge >= 0.3 is 0 Å². The quantitative estimate of drug-likeness (QED) is 0.804. The first-order chi connectivity index (χ1) is 8.74. The highest BCUT2D eigenvalue weighted by atomic mass is 16.5. The summed E-state index contributed by atoms with van der Waals surface area (Å²) in [5.41, 5.74) is 9.58. The third-order valence-corrected chi connectivity index (χ3v) is 4.38. The van der Waals surface area contributed by atoms with E-state index < -0.39 is 0 Å². The van der Waals surface area contributed by atoms with Gasteiger partial charge in [-0.05, 0) is 55.4 Å². The molecule has 0 bridgehead atoms. The van der Waals surface area contributed by atoms with Crippen molar-refractivity contribution in [3.8, 4) is 0 Å². The minimum atomic E-state index is 0.496. The number of ether oxygens (including phenoxy) is 1. The summed E-state index contributed by atoms with van der Waals surface area (Å²) in [6.45, 7) is 4.12. The lowest BCUT2D eigenvalue weighted by molar-refractivity contribution is 0.176. The van der Waals surface area contributed by atoms with E-state index in [1.165, 1.54) is 24.0 Å². The number of hydrogen-bond acceptors (Lipinski definition) is 3. The van der Waals surface area contributed by atoms with Gasteiger partial charge in [0.15, 0.2) is 0 Å². The maximum Gasteiger partial charge on any atom is 0.0509 e. The second-order valence-electron chi connectivity index (χ2n) is 5.63. The van der Waals surface area contributed by atoms with Crippen molar-refractivity contribution in [2.24, 2.45) is 5.92 Å². The van der Waals surface area contributed by atoms with E-state index in [-0.39, 0.29) is 0 Å². The number of nitrogens with one attached hydrogen (secondary N) is 1. The first kappa shape index (κ1) is 12.0. The number of nitrogen functional groups attached to an aromatic ring is 1. The van der Waals surface area contributed by atoms with Crippen molar-refractivity contribution in [1.29, 1.82) is 0 Å². The highest BCUT2D eigenvalue weighted by Gasteiger charge is 2.28. The summed E-state index contributed by atoms with van der Waals surface area (Å²) in [5, 5.41) is 3.78. The van der Waals surface area contributed by atoms with Crippen molar-refractivity contribution in [2.75, 3.05) is 18.9 Å². The van der Waals surface area contributed by atoms with Gasteiger partial charge in [-0.1, -0.05) is 6.07 Å². The Kier molecular flexibility index (Phi) is 3.27. The molecule has 18 heavy (non-hydrogen) atoms. The Morgan fingerprint density at radius 2 is 2.28 bits per heavy atom. The molecule has 0 amide bonds. The van der Waals surface area contributed by atoms with Crippen LogP contribution in [0, 0.1) is 5.92 Å². The molecule has 1 heterocycles. The fourth-order valence-electron chi connectivity index (χ4n) is 3.21. The van der Waals surface area contributed by atoms with Crippen molar-refractivity contribution < 1.29 is 4.74 Å². The molecule has 1 aromatic rings. The molecule has 3 nitrogen and oxygen atoms in total. The molecule has 1 aliphatic carbocycles. The van der Waals surface area contributed by atoms with Gasteiger partial charge in [0.25, 0.3) is 0 Å². The molecule has 3 unspecified atom stereocenters. The zero-order chi connectivity index (χ0) is 12.5. The van der Waals surface area contributed by atoms with E-state index in [1.54, 1.807) is 0 Å². The molecular formula is C15H22N2O. The number of anilines is 1. The molecule has 3 atom stereocenters. The summed E-state index contributed by atoms with van der Waals surface area (Å²) in [7, 11) is 0. The molecule has 2 aliphatic rings. The van der Waals surface area contributed by atoms with Gasteiger partial charge in [0, 0.05) is 24.4 Å². The van der Waals surface area contributed by atoms with Gasteiger partial charge in [-0.2, -0.15) is 0 Å². The Labute approximate surface area is 109 Å². The van der Waals surface area contributed by atoms with Crippen LogP contribution >= 0.6 is 0 Å². The smallest absolute Gasteiger partial charge is 0.0509 e. The molecule has 0 spiro atoms. The van der Waals surface area contributed by atoms with Crippen LogP contribution in [0.15, 0.2) is 18.2 Å². The zero-order valence-electron chi connectivity index (χ0n) is 11.0. The molecule has 0 radical (unpaired) electrons. The summed E-state index contributed by atoms with van der Waals surface area (Å²) in [5.74, 6) is 0.669. The minimum absolute atomic E-state index is 0.496. The lowest BCUT2D eigenvalue weighted by Crippen LogP contribution is -2.36. The molecule has 1 fully saturated rings. The van der Waals surface area contributed by atoms with E-state index in [4.69, 9.17) is 10.5 Å². The van der Waals surface area contributed by atoms with E-state index in [0.717, 1.165) is 25.3 Å². The van der Waals surface area contributed by atoms with E-state index in [0.29, 0.717) is 18.0 Å². The van der Waals surface area contributed by atoms with Crippen LogP contribution < -0.4 is 11.1 Å². The van der Waals surface area contributed by atoms with Crippen LogP contribution in [-0.4, -0.2) is 19.3 Å². The van der Waals surface area contributed by atoms with Gasteiger partial charge in [-0.25, -0.2) is 0 Å². The first-order valence-corrected chi connectivity index (χ1v) is 6.96. The number of hydrogen-bond donors (Lipinski definition) is 2. The van der Waals surface area contributed by atoms with Gasteiger partial charge in [0.05, 0.1) is 6.61 Å². The van der Waals surface area contributed by atoms with Crippen LogP contribution in [0.3, 0.4) is 0 Å². The van der Waals surface area contributed by atoms with E-state index >= 15 is 0 Å². The average Bonchev–Trinajstić information content (AvgIpc) is 2.98. The molecular weight excluding hydrogens is 224 g/mol. The summed E-state index contributed by atoms with van der Waals surface area (Å²) >= 11 is 0. The van der Waals surface area contributed by atoms with Crippen LogP contribution in [0.1, 0.15) is 36.9 Å². The third kappa shape index (κ3) is 2.25. The molecule has 98 valence electrons. The van der Waals surface area contributed by atoms with Gasteiger partial charge < -0.3 is 15.8 Å². The number of rotatable bonds is 3. The van der Waals surface area contributed by atoms with E-state index in [9.17, 15) is 0 Å². The summed E-state index contributed by atoms with van der Waals surface area (Å²) in [6.07, 6.45) is 3.53. The lowest BCUT2D eigenvalue weighted by atomic mass is 9.98. The van der Waals surface area contributed by atoms with Crippen molar-refractivity contribution in [1.82, 2.24) is 5.32 Å². The second kappa shape index (κ2) is 4.90. The largest absolute Gasteiger partial charge is 0.399 e. The molecule has 1 aromatic carbocycles. The van der Waals surface area contributed by atoms with Crippen molar-refractivity contribution in [3.05, 3.63) is 29.3 Å². The van der Waals surface area contributed by atoms with Crippen molar-refractivity contribution in [2.45, 2.75) is 38.3 Å². The minimum Gasteiger partial charge on any atom is -0.399 e. The summed E-state index contributed by atoms with van der Waals surface area (Å²) in [6, 6.07) is 7.35. The third-order valence-electron chi connectivity index (χ3n) is 4.38. The first-order valence-electron chi connectivity index (χ1n) is 6.96. The maximum atomic E-state index is 5.84. The Morgan fingerprint density at radius 3 is 3.06 bits per heavy atom. The monoisotopic (exact) mass is 246 g/mol. The Hall–Kier alpha value is -1.06. The van der Waals surface area contributed by atoms with E-state index in [2.05, 4.69) is 24.4 Å². The van der Waals surface area contributed by atoms with Crippen LogP contribution in [0.4, 0.5) is 5.69 Å². The Morgan fingerprint density at radius 1 is 1.39 bits per heavy atom. The summed E-state index contributed by atoms with van der Waals surface area (Å²) < 4.78 is 5.47. The molecule has 1 saturated heterocycles. The molecule has 3 heteroatoms. The predicted octanol–water partition coefficient (Wildman–Crippen LogP) is 2.27. The van der Waals surface area contributed by atoms with Gasteiger partial charge in [-0.15, -0.1) is 0 Å². The van der Waals surface area contributed by atoms with Crippen LogP contribution in [0.5, 0.6) is 0 Å². The Balaban J connectivity index is 1.68. The molecule has 3 N–H and O–H groups in total. The van der Waals surface area contributed by atoms with E-state index in [1.807, 2.05) is 6.07 Å². The summed E-state index contributed by atoms with van der Waals surface area (Å²) in [4.78, 5) is 0. The molecule has 0 aromatic heterocycles. The maximum absolute atomic E-state index is 5.84. The highest BCUT2D eigenvalue weighted by molar-refractivity contribution is 5.47. The molecule has 1 aliphatic heterocycles. The van der Waals surface area contributed by atoms with Crippen LogP contribution in [0.25, 0.3) is 0 Å². The number of nitrogens with two attached hydrogens (primary N) is 1. The SMILES string of the molecule is CC(NC1CCc2cc(N)ccc21)C1CCOC1. The van der Waals surface area contributed by atoms with Crippen molar-refractivity contribution >= 4 is 5.69 Å². The second-order valence-corrected chi connectivity index (χ2v) is 5.63. The average molecular weight is 246 g/mol. The van der Waals surface area contributed by atoms with Crippen molar-refractivity contribution in [3.63, 3.8) is 0 Å². The molecule has 0 saturated carbocycles. The number of aryl methyl sites for hydroxylation is 1. The fourth-order valence-corrected chi connectivity index (χ4v) is 3.21. The number of benzene rings is 1.